The van der Waals surface area contributed by atoms with Crippen LogP contribution in [-0.4, -0.2) is 4.57 Å². The third-order valence-electron chi connectivity index (χ3n) is 13.0. The normalized spacial score (nSPS) is 11.8. The van der Waals surface area contributed by atoms with E-state index in [0.29, 0.717) is 0 Å². The van der Waals surface area contributed by atoms with Gasteiger partial charge in [-0.25, -0.2) is 0 Å². The third-order valence-corrected chi connectivity index (χ3v) is 14.1. The van der Waals surface area contributed by atoms with Crippen molar-refractivity contribution in [1.82, 2.24) is 4.57 Å². The lowest BCUT2D eigenvalue weighted by molar-refractivity contribution is 1.20. The highest BCUT2D eigenvalue weighted by Gasteiger charge is 2.19. The smallest absolute Gasteiger partial charge is 0.0546 e. The lowest BCUT2D eigenvalue weighted by Crippen LogP contribution is -2.10. The van der Waals surface area contributed by atoms with Crippen molar-refractivity contribution in [3.05, 3.63) is 231 Å². The molecular formula is C60H38N2S. The largest absolute Gasteiger partial charge is 0.310 e. The predicted molar refractivity (Wildman–Crippen MR) is 272 cm³/mol. The molecule has 3 heteroatoms. The number of anilines is 3. The van der Waals surface area contributed by atoms with E-state index in [4.69, 9.17) is 0 Å². The molecule has 13 aromatic rings. The summed E-state index contributed by atoms with van der Waals surface area (Å²) in [7, 11) is 0. The second-order valence-corrected chi connectivity index (χ2v) is 17.6. The number of nitrogens with zero attached hydrogens (tertiary/aromatic N) is 2. The average molecular weight is 819 g/mol. The molecule has 0 aliphatic heterocycles. The minimum absolute atomic E-state index is 1.10. The second-order valence-electron chi connectivity index (χ2n) is 16.5. The van der Waals surface area contributed by atoms with Crippen molar-refractivity contribution in [2.75, 3.05) is 4.90 Å². The van der Waals surface area contributed by atoms with Gasteiger partial charge in [-0.1, -0.05) is 158 Å². The Bertz CT molecular complexity index is 3910. The number of thiophene rings is 1. The molecule has 294 valence electrons. The highest BCUT2D eigenvalue weighted by Crippen LogP contribution is 2.44. The fourth-order valence-electron chi connectivity index (χ4n) is 9.97. The SMILES string of the molecule is c1ccc2c(-n3c4ccccc4c4cc(-c5ccc(N(c6ccc(-c7ccc8sc9ccccc9c8c7)cc6)c6cc7ccccc7c7ccccc67)cc5)ccc43)cccc2c1. The van der Waals surface area contributed by atoms with Crippen molar-refractivity contribution in [3.8, 4) is 27.9 Å². The van der Waals surface area contributed by atoms with Gasteiger partial charge in [0.1, 0.15) is 0 Å². The molecule has 0 amide bonds. The molecule has 0 aliphatic rings. The van der Waals surface area contributed by atoms with Gasteiger partial charge < -0.3 is 9.47 Å². The standard InChI is InChI=1S/C60H38N2S/c1-4-16-48-41(12-1)14-11-22-55(48)62-56-21-9-7-19-51(56)53-36-42(28-34-57(53)62)39-24-30-45(31-25-39)61(58-38-44-13-2-3-15-47(44)49-17-5-6-18-50(49)58)46-32-26-40(27-33-46)43-29-35-60-54(37-43)52-20-8-10-23-59(52)63-60/h1-38H. The first kappa shape index (κ1) is 35.7. The van der Waals surface area contributed by atoms with Gasteiger partial charge in [-0.2, -0.15) is 0 Å². The maximum absolute atomic E-state index is 2.43. The van der Waals surface area contributed by atoms with Crippen LogP contribution in [0.1, 0.15) is 0 Å². The first-order chi connectivity index (χ1) is 31.2. The van der Waals surface area contributed by atoms with Crippen LogP contribution >= 0.6 is 11.3 Å². The molecule has 63 heavy (non-hydrogen) atoms. The number of benzene rings is 11. The van der Waals surface area contributed by atoms with E-state index in [0.717, 1.165) is 17.1 Å². The van der Waals surface area contributed by atoms with E-state index < -0.39 is 0 Å². The molecule has 0 radical (unpaired) electrons. The Morgan fingerprint density at radius 2 is 0.825 bits per heavy atom. The molecule has 0 N–H and O–H groups in total. The summed E-state index contributed by atoms with van der Waals surface area (Å²) in [5.41, 5.74) is 11.8. The molecule has 2 nitrogen and oxygen atoms in total. The van der Waals surface area contributed by atoms with E-state index in [1.807, 2.05) is 11.3 Å². The fourth-order valence-corrected chi connectivity index (χ4v) is 11.1. The zero-order chi connectivity index (χ0) is 41.4. The first-order valence-electron chi connectivity index (χ1n) is 21.6. The van der Waals surface area contributed by atoms with E-state index in [1.54, 1.807) is 0 Å². The molecule has 0 aliphatic carbocycles. The van der Waals surface area contributed by atoms with E-state index >= 15 is 0 Å². The number of hydrogen-bond donors (Lipinski definition) is 0. The second kappa shape index (κ2) is 14.3. The summed E-state index contributed by atoms with van der Waals surface area (Å²) in [5, 5.41) is 12.6. The van der Waals surface area contributed by atoms with Crippen molar-refractivity contribution in [2.24, 2.45) is 0 Å². The van der Waals surface area contributed by atoms with Crippen LogP contribution in [0.4, 0.5) is 17.1 Å². The quantitative estimate of drug-likeness (QED) is 0.152. The Kier molecular flexibility index (Phi) is 8.12. The van der Waals surface area contributed by atoms with E-state index in [2.05, 4.69) is 240 Å². The van der Waals surface area contributed by atoms with E-state index in [-0.39, 0.29) is 0 Å². The lowest BCUT2D eigenvalue weighted by Gasteiger charge is -2.28. The number of rotatable bonds is 6. The van der Waals surface area contributed by atoms with Crippen molar-refractivity contribution >= 4 is 103 Å². The highest BCUT2D eigenvalue weighted by molar-refractivity contribution is 7.25. The first-order valence-corrected chi connectivity index (χ1v) is 22.4. The molecule has 0 bridgehead atoms. The maximum atomic E-state index is 2.43. The van der Waals surface area contributed by atoms with Crippen LogP contribution in [0, 0.1) is 0 Å². The minimum atomic E-state index is 1.10. The van der Waals surface area contributed by atoms with Gasteiger partial charge in [0.2, 0.25) is 0 Å². The fraction of sp³-hybridized carbons (Fsp3) is 0. The summed E-state index contributed by atoms with van der Waals surface area (Å²) >= 11 is 1.86. The van der Waals surface area contributed by atoms with Crippen molar-refractivity contribution in [2.45, 2.75) is 0 Å². The minimum Gasteiger partial charge on any atom is -0.310 e. The maximum Gasteiger partial charge on any atom is 0.0546 e. The van der Waals surface area contributed by atoms with Crippen LogP contribution in [0.25, 0.3) is 102 Å². The summed E-state index contributed by atoms with van der Waals surface area (Å²) in [4.78, 5) is 2.43. The monoisotopic (exact) mass is 818 g/mol. The Balaban J connectivity index is 0.933. The van der Waals surface area contributed by atoms with Gasteiger partial charge in [0, 0.05) is 53.1 Å². The van der Waals surface area contributed by atoms with Crippen LogP contribution in [0.2, 0.25) is 0 Å². The van der Waals surface area contributed by atoms with Crippen LogP contribution in [0.3, 0.4) is 0 Å². The van der Waals surface area contributed by atoms with Crippen LogP contribution in [-0.2, 0) is 0 Å². The molecule has 0 spiro atoms. The highest BCUT2D eigenvalue weighted by atomic mass is 32.1. The van der Waals surface area contributed by atoms with Gasteiger partial charge in [-0.3, -0.25) is 0 Å². The number of hydrogen-bond acceptors (Lipinski definition) is 2. The zero-order valence-corrected chi connectivity index (χ0v) is 35.1. The topological polar surface area (TPSA) is 8.17 Å². The number of aromatic nitrogens is 1. The molecule has 11 aromatic carbocycles. The summed E-state index contributed by atoms with van der Waals surface area (Å²) < 4.78 is 5.08. The molecule has 0 unspecified atom stereocenters. The summed E-state index contributed by atoms with van der Waals surface area (Å²) in [6.07, 6.45) is 0. The van der Waals surface area contributed by atoms with Crippen molar-refractivity contribution in [1.29, 1.82) is 0 Å². The summed E-state index contributed by atoms with van der Waals surface area (Å²) in [5.74, 6) is 0. The van der Waals surface area contributed by atoms with Crippen LogP contribution in [0.15, 0.2) is 231 Å². The number of fused-ring (bicyclic) bond motifs is 10. The van der Waals surface area contributed by atoms with Gasteiger partial charge >= 0.3 is 0 Å². The molecule has 0 saturated carbocycles. The summed E-state index contributed by atoms with van der Waals surface area (Å²) in [6, 6.07) is 84.8. The van der Waals surface area contributed by atoms with E-state index in [1.165, 1.54) is 102 Å². The van der Waals surface area contributed by atoms with Crippen LogP contribution < -0.4 is 4.90 Å². The van der Waals surface area contributed by atoms with Crippen LogP contribution in [0.5, 0.6) is 0 Å². The van der Waals surface area contributed by atoms with E-state index in [9.17, 15) is 0 Å². The third kappa shape index (κ3) is 5.78. The van der Waals surface area contributed by atoms with Gasteiger partial charge in [-0.05, 0) is 117 Å². The molecule has 2 aromatic heterocycles. The predicted octanol–water partition coefficient (Wildman–Crippen LogP) is 17.4. The van der Waals surface area contributed by atoms with Gasteiger partial charge in [0.25, 0.3) is 0 Å². The molecule has 2 heterocycles. The summed E-state index contributed by atoms with van der Waals surface area (Å²) in [6.45, 7) is 0. The zero-order valence-electron chi connectivity index (χ0n) is 34.2. The van der Waals surface area contributed by atoms with Gasteiger partial charge in [0.05, 0.1) is 22.4 Å². The Morgan fingerprint density at radius 1 is 0.302 bits per heavy atom. The Labute approximate surface area is 368 Å². The molecule has 0 fully saturated rings. The van der Waals surface area contributed by atoms with Crippen molar-refractivity contribution in [3.63, 3.8) is 0 Å². The molecular weight excluding hydrogens is 781 g/mol. The average Bonchev–Trinajstić information content (AvgIpc) is 3.89. The molecule has 13 rings (SSSR count). The van der Waals surface area contributed by atoms with Crippen molar-refractivity contribution < 1.29 is 0 Å². The van der Waals surface area contributed by atoms with Gasteiger partial charge in [-0.15, -0.1) is 11.3 Å². The lowest BCUT2D eigenvalue weighted by atomic mass is 9.98. The molecule has 0 atom stereocenters. The number of para-hydroxylation sites is 1. The Morgan fingerprint density at radius 3 is 1.59 bits per heavy atom. The van der Waals surface area contributed by atoms with Gasteiger partial charge in [0.15, 0.2) is 0 Å². The Hall–Kier alpha value is -7.98. The molecule has 0 saturated heterocycles.